The summed E-state index contributed by atoms with van der Waals surface area (Å²) in [5.74, 6) is 0.435. The maximum Gasteiger partial charge on any atom is 0.306 e. The van der Waals surface area contributed by atoms with E-state index in [-0.39, 0.29) is 49.8 Å². The van der Waals surface area contributed by atoms with Crippen molar-refractivity contribution >= 4 is 29.4 Å². The SMILES string of the molecule is COc1cc(CN(CC2CCC(C(=O)O)CC2)[C@H]2CCCc3cc(Cl)ccc32)ccc1OCCN1C(=O)CCC1=O. The van der Waals surface area contributed by atoms with E-state index < -0.39 is 5.97 Å². The highest BCUT2D eigenvalue weighted by Crippen LogP contribution is 2.39. The van der Waals surface area contributed by atoms with Crippen molar-refractivity contribution in [2.24, 2.45) is 11.8 Å². The molecule has 2 fully saturated rings. The number of imide groups is 1. The Kier molecular flexibility index (Phi) is 9.50. The molecule has 1 saturated carbocycles. The van der Waals surface area contributed by atoms with E-state index in [0.29, 0.717) is 17.4 Å². The van der Waals surface area contributed by atoms with Gasteiger partial charge in [-0.05, 0) is 91.8 Å². The summed E-state index contributed by atoms with van der Waals surface area (Å²) < 4.78 is 11.6. The largest absolute Gasteiger partial charge is 0.493 e. The quantitative estimate of drug-likeness (QED) is 0.342. The van der Waals surface area contributed by atoms with Crippen LogP contribution in [-0.4, -0.2) is 59.5 Å². The Morgan fingerprint density at radius 2 is 1.76 bits per heavy atom. The molecule has 3 aliphatic rings. The van der Waals surface area contributed by atoms with Crippen LogP contribution in [-0.2, 0) is 27.3 Å². The van der Waals surface area contributed by atoms with E-state index in [1.165, 1.54) is 16.0 Å². The summed E-state index contributed by atoms with van der Waals surface area (Å²) in [5, 5.41) is 10.2. The van der Waals surface area contributed by atoms with E-state index in [1.54, 1.807) is 7.11 Å². The summed E-state index contributed by atoms with van der Waals surface area (Å²) in [6.45, 7) is 2.06. The Morgan fingerprint density at radius 1 is 1.00 bits per heavy atom. The number of hydrogen-bond donors (Lipinski definition) is 1. The highest BCUT2D eigenvalue weighted by atomic mass is 35.5. The number of methoxy groups -OCH3 is 1. The van der Waals surface area contributed by atoms with Gasteiger partial charge in [0.05, 0.1) is 19.6 Å². The van der Waals surface area contributed by atoms with Crippen LogP contribution >= 0.6 is 11.6 Å². The van der Waals surface area contributed by atoms with Crippen LogP contribution in [0, 0.1) is 11.8 Å². The standard InChI is InChI=1S/C32H39ClN2O6/c1-40-29-17-22(7-12-28(29)41-16-15-35-30(36)13-14-31(35)37)20-34(19-21-5-8-23(9-6-21)32(38)39)27-4-2-3-24-18-25(33)10-11-26(24)27/h7,10-12,17-18,21,23,27H,2-6,8-9,13-16,19-20H2,1H3,(H,38,39)/t21?,23?,27-/m0/s1. The van der Waals surface area contributed by atoms with Gasteiger partial charge in [-0.1, -0.05) is 23.7 Å². The van der Waals surface area contributed by atoms with Gasteiger partial charge >= 0.3 is 5.97 Å². The van der Waals surface area contributed by atoms with Crippen LogP contribution in [0.5, 0.6) is 11.5 Å². The molecule has 1 saturated heterocycles. The van der Waals surface area contributed by atoms with Crippen LogP contribution in [0.25, 0.3) is 0 Å². The fraction of sp³-hybridized carbons (Fsp3) is 0.531. The van der Waals surface area contributed by atoms with Gasteiger partial charge in [-0.2, -0.15) is 0 Å². The molecule has 220 valence electrons. The van der Waals surface area contributed by atoms with Gasteiger partial charge in [0.2, 0.25) is 11.8 Å². The summed E-state index contributed by atoms with van der Waals surface area (Å²) in [4.78, 5) is 39.1. The first-order valence-corrected chi connectivity index (χ1v) is 15.1. The third kappa shape index (κ3) is 7.04. The summed E-state index contributed by atoms with van der Waals surface area (Å²) in [5.41, 5.74) is 3.74. The lowest BCUT2D eigenvalue weighted by Gasteiger charge is -2.39. The number of fused-ring (bicyclic) bond motifs is 1. The summed E-state index contributed by atoms with van der Waals surface area (Å²) >= 11 is 6.34. The lowest BCUT2D eigenvalue weighted by Crippen LogP contribution is -2.36. The monoisotopic (exact) mass is 582 g/mol. The second-order valence-corrected chi connectivity index (χ2v) is 11.9. The fourth-order valence-electron chi connectivity index (χ4n) is 6.65. The number of carbonyl (C=O) groups excluding carboxylic acids is 2. The number of benzene rings is 2. The first kappa shape index (κ1) is 29.4. The van der Waals surface area contributed by atoms with Gasteiger partial charge in [-0.3, -0.25) is 24.2 Å². The number of carbonyl (C=O) groups is 3. The second-order valence-electron chi connectivity index (χ2n) is 11.5. The molecule has 0 spiro atoms. The topological polar surface area (TPSA) is 96.4 Å². The van der Waals surface area contributed by atoms with Gasteiger partial charge in [0, 0.05) is 37.0 Å². The molecule has 1 heterocycles. The van der Waals surface area contributed by atoms with Crippen molar-refractivity contribution < 1.29 is 29.0 Å². The Labute approximate surface area is 246 Å². The van der Waals surface area contributed by atoms with E-state index >= 15 is 0 Å². The number of rotatable bonds is 11. The first-order chi connectivity index (χ1) is 19.8. The number of amides is 2. The minimum atomic E-state index is -0.675. The lowest BCUT2D eigenvalue weighted by atomic mass is 9.80. The summed E-state index contributed by atoms with van der Waals surface area (Å²) in [6, 6.07) is 12.4. The van der Waals surface area contributed by atoms with E-state index in [1.807, 2.05) is 24.3 Å². The minimum absolute atomic E-state index is 0.149. The number of ether oxygens (including phenoxy) is 2. The van der Waals surface area contributed by atoms with Gasteiger partial charge in [0.1, 0.15) is 6.61 Å². The van der Waals surface area contributed by atoms with Gasteiger partial charge in [-0.15, -0.1) is 0 Å². The molecule has 1 atom stereocenters. The zero-order chi connectivity index (χ0) is 28.9. The number of aryl methyl sites for hydroxylation is 1. The zero-order valence-corrected chi connectivity index (χ0v) is 24.4. The van der Waals surface area contributed by atoms with Gasteiger partial charge in [0.15, 0.2) is 11.5 Å². The van der Waals surface area contributed by atoms with Crippen molar-refractivity contribution in [1.29, 1.82) is 0 Å². The predicted molar refractivity (Wildman–Crippen MR) is 155 cm³/mol. The summed E-state index contributed by atoms with van der Waals surface area (Å²) in [6.07, 6.45) is 7.04. The molecule has 2 aliphatic carbocycles. The zero-order valence-electron chi connectivity index (χ0n) is 23.6. The second kappa shape index (κ2) is 13.3. The Morgan fingerprint density at radius 3 is 2.46 bits per heavy atom. The highest BCUT2D eigenvalue weighted by molar-refractivity contribution is 6.30. The van der Waals surface area contributed by atoms with Crippen LogP contribution in [0.4, 0.5) is 0 Å². The molecular weight excluding hydrogens is 544 g/mol. The molecule has 0 unspecified atom stereocenters. The number of hydrogen-bond acceptors (Lipinski definition) is 6. The maximum atomic E-state index is 11.9. The first-order valence-electron chi connectivity index (χ1n) is 14.7. The Balaban J connectivity index is 1.31. The molecule has 1 aliphatic heterocycles. The normalized spacial score (nSPS) is 22.6. The Bertz CT molecular complexity index is 1260. The van der Waals surface area contributed by atoms with Gasteiger partial charge in [-0.25, -0.2) is 0 Å². The highest BCUT2D eigenvalue weighted by Gasteiger charge is 2.32. The fourth-order valence-corrected chi connectivity index (χ4v) is 6.84. The molecule has 2 amide bonds. The smallest absolute Gasteiger partial charge is 0.306 e. The summed E-state index contributed by atoms with van der Waals surface area (Å²) in [7, 11) is 1.61. The maximum absolute atomic E-state index is 11.9. The molecule has 0 aromatic heterocycles. The van der Waals surface area contributed by atoms with Crippen molar-refractivity contribution in [3.8, 4) is 11.5 Å². The molecule has 9 heteroatoms. The van der Waals surface area contributed by atoms with Crippen molar-refractivity contribution in [2.45, 2.75) is 70.4 Å². The molecule has 2 aromatic carbocycles. The Hall–Kier alpha value is -3.10. The van der Waals surface area contributed by atoms with Crippen LogP contribution in [0.2, 0.25) is 5.02 Å². The molecule has 2 aromatic rings. The third-order valence-corrected chi connectivity index (χ3v) is 9.09. The molecule has 5 rings (SSSR count). The molecule has 0 radical (unpaired) electrons. The van der Waals surface area contributed by atoms with E-state index in [2.05, 4.69) is 17.0 Å². The molecular formula is C32H39ClN2O6. The van der Waals surface area contributed by atoms with Crippen LogP contribution in [0.15, 0.2) is 36.4 Å². The van der Waals surface area contributed by atoms with Crippen molar-refractivity contribution in [2.75, 3.05) is 26.8 Å². The minimum Gasteiger partial charge on any atom is -0.493 e. The van der Waals surface area contributed by atoms with Gasteiger partial charge < -0.3 is 14.6 Å². The lowest BCUT2D eigenvalue weighted by molar-refractivity contribution is -0.143. The van der Waals surface area contributed by atoms with E-state index in [9.17, 15) is 19.5 Å². The average Bonchev–Trinajstić information content (AvgIpc) is 3.29. The number of nitrogens with zero attached hydrogens (tertiary/aromatic N) is 2. The van der Waals surface area contributed by atoms with Crippen LogP contribution < -0.4 is 9.47 Å². The number of carboxylic acid groups (broad SMARTS) is 1. The molecule has 0 bridgehead atoms. The van der Waals surface area contributed by atoms with Crippen molar-refractivity contribution in [3.63, 3.8) is 0 Å². The predicted octanol–water partition coefficient (Wildman–Crippen LogP) is 5.65. The molecule has 8 nitrogen and oxygen atoms in total. The average molecular weight is 583 g/mol. The van der Waals surface area contributed by atoms with Crippen LogP contribution in [0.1, 0.15) is 74.1 Å². The van der Waals surface area contributed by atoms with E-state index in [0.717, 1.165) is 68.6 Å². The molecule has 1 N–H and O–H groups in total. The van der Waals surface area contributed by atoms with Gasteiger partial charge in [0.25, 0.3) is 0 Å². The van der Waals surface area contributed by atoms with Crippen molar-refractivity contribution in [1.82, 2.24) is 9.80 Å². The van der Waals surface area contributed by atoms with E-state index in [4.69, 9.17) is 21.1 Å². The van der Waals surface area contributed by atoms with Crippen molar-refractivity contribution in [3.05, 3.63) is 58.1 Å². The number of aliphatic carboxylic acids is 1. The molecule has 41 heavy (non-hydrogen) atoms. The number of halogens is 1. The number of carboxylic acids is 1. The third-order valence-electron chi connectivity index (χ3n) is 8.86. The van der Waals surface area contributed by atoms with Crippen LogP contribution in [0.3, 0.4) is 0 Å². The number of likely N-dealkylation sites (tertiary alicyclic amines) is 1.